The van der Waals surface area contributed by atoms with Crippen molar-refractivity contribution in [2.24, 2.45) is 0 Å². The Morgan fingerprint density at radius 3 is 2.62 bits per heavy atom. The number of hydrogen-bond acceptors (Lipinski definition) is 6. The molecule has 26 heavy (non-hydrogen) atoms. The van der Waals surface area contributed by atoms with Gasteiger partial charge in [0.25, 0.3) is 0 Å². The largest absolute Gasteiger partial charge is 0.447 e. The van der Waals surface area contributed by atoms with Gasteiger partial charge >= 0.3 is 6.09 Å². The number of nitrogens with zero attached hydrogens (tertiary/aromatic N) is 5. The van der Waals surface area contributed by atoms with Crippen molar-refractivity contribution in [3.05, 3.63) is 29.8 Å². The lowest BCUT2D eigenvalue weighted by atomic mass is 10.1. The highest BCUT2D eigenvalue weighted by Gasteiger charge is 2.24. The standard InChI is InChI=1S/C18H26N6O2/c1-12(2)26-18(25)23-7-5-15(6-8-23)20-16-10-19-11-17(21-16)24-14(4)9-13(3)22-24/h9-12,15H,5-8H2,1-4H3,(H,20,21). The molecule has 140 valence electrons. The van der Waals surface area contributed by atoms with E-state index in [0.29, 0.717) is 18.9 Å². The second kappa shape index (κ2) is 7.72. The summed E-state index contributed by atoms with van der Waals surface area (Å²) >= 11 is 0. The highest BCUT2D eigenvalue weighted by atomic mass is 16.6. The summed E-state index contributed by atoms with van der Waals surface area (Å²) in [5.74, 6) is 1.41. The third-order valence-electron chi connectivity index (χ3n) is 4.29. The van der Waals surface area contributed by atoms with Gasteiger partial charge in [-0.2, -0.15) is 5.10 Å². The predicted octanol–water partition coefficient (Wildman–Crippen LogP) is 2.70. The average molecular weight is 358 g/mol. The van der Waals surface area contributed by atoms with Crippen LogP contribution < -0.4 is 5.32 Å². The Morgan fingerprint density at radius 1 is 1.27 bits per heavy atom. The van der Waals surface area contributed by atoms with Crippen LogP contribution in [0.3, 0.4) is 0 Å². The lowest BCUT2D eigenvalue weighted by Crippen LogP contribution is -2.43. The van der Waals surface area contributed by atoms with Crippen LogP contribution in [0.1, 0.15) is 38.1 Å². The summed E-state index contributed by atoms with van der Waals surface area (Å²) in [5.41, 5.74) is 1.97. The van der Waals surface area contributed by atoms with Gasteiger partial charge in [-0.1, -0.05) is 0 Å². The number of likely N-dealkylation sites (tertiary alicyclic amines) is 1. The van der Waals surface area contributed by atoms with Gasteiger partial charge in [0.1, 0.15) is 5.82 Å². The zero-order valence-electron chi connectivity index (χ0n) is 15.8. The van der Waals surface area contributed by atoms with Crippen molar-refractivity contribution >= 4 is 11.9 Å². The number of hydrogen-bond donors (Lipinski definition) is 1. The van der Waals surface area contributed by atoms with E-state index in [-0.39, 0.29) is 18.2 Å². The van der Waals surface area contributed by atoms with Gasteiger partial charge in [-0.25, -0.2) is 14.5 Å². The third-order valence-corrected chi connectivity index (χ3v) is 4.29. The fraction of sp³-hybridized carbons (Fsp3) is 0.556. The molecule has 0 aliphatic carbocycles. The Kier molecular flexibility index (Phi) is 5.39. The Bertz CT molecular complexity index is 765. The SMILES string of the molecule is Cc1cc(C)n(-c2cncc(NC3CCN(C(=O)OC(C)C)CC3)n2)n1. The van der Waals surface area contributed by atoms with E-state index < -0.39 is 0 Å². The Balaban J connectivity index is 1.60. The first kappa shape index (κ1) is 18.2. The molecule has 2 aromatic rings. The quantitative estimate of drug-likeness (QED) is 0.904. The van der Waals surface area contributed by atoms with E-state index in [1.54, 1.807) is 22.0 Å². The van der Waals surface area contributed by atoms with Crippen LogP contribution in [-0.2, 0) is 4.74 Å². The van der Waals surface area contributed by atoms with Crippen molar-refractivity contribution in [1.29, 1.82) is 0 Å². The minimum Gasteiger partial charge on any atom is -0.447 e. The summed E-state index contributed by atoms with van der Waals surface area (Å²) in [4.78, 5) is 22.6. The number of rotatable bonds is 4. The zero-order valence-corrected chi connectivity index (χ0v) is 15.8. The molecule has 8 nitrogen and oxygen atoms in total. The maximum Gasteiger partial charge on any atom is 0.410 e. The van der Waals surface area contributed by atoms with Gasteiger partial charge in [0.2, 0.25) is 0 Å². The number of carbonyl (C=O) groups is 1. The fourth-order valence-corrected chi connectivity index (χ4v) is 3.08. The van der Waals surface area contributed by atoms with Gasteiger partial charge in [-0.15, -0.1) is 0 Å². The number of amides is 1. The molecule has 0 unspecified atom stereocenters. The summed E-state index contributed by atoms with van der Waals surface area (Å²) in [6, 6.07) is 2.26. The molecule has 2 aromatic heterocycles. The molecule has 3 heterocycles. The van der Waals surface area contributed by atoms with Crippen LogP contribution in [-0.4, -0.2) is 56.0 Å². The molecule has 0 radical (unpaired) electrons. The highest BCUT2D eigenvalue weighted by molar-refractivity contribution is 5.67. The minimum absolute atomic E-state index is 0.0919. The van der Waals surface area contributed by atoms with Crippen LogP contribution in [0.2, 0.25) is 0 Å². The van der Waals surface area contributed by atoms with E-state index in [1.807, 2.05) is 33.8 Å². The topological polar surface area (TPSA) is 85.2 Å². The number of aromatic nitrogens is 4. The molecule has 1 saturated heterocycles. The van der Waals surface area contributed by atoms with Crippen molar-refractivity contribution in [2.75, 3.05) is 18.4 Å². The van der Waals surface area contributed by atoms with Gasteiger partial charge in [-0.3, -0.25) is 4.98 Å². The normalized spacial score (nSPS) is 15.3. The number of carbonyl (C=O) groups excluding carboxylic acids is 1. The molecule has 8 heteroatoms. The van der Waals surface area contributed by atoms with Crippen molar-refractivity contribution in [3.63, 3.8) is 0 Å². The second-order valence-electron chi connectivity index (χ2n) is 6.94. The van der Waals surface area contributed by atoms with Crippen LogP contribution in [0.5, 0.6) is 0 Å². The molecule has 0 saturated carbocycles. The van der Waals surface area contributed by atoms with Crippen LogP contribution in [0.15, 0.2) is 18.5 Å². The molecular weight excluding hydrogens is 332 g/mol. The summed E-state index contributed by atoms with van der Waals surface area (Å²) in [6.45, 7) is 9.02. The molecule has 1 amide bonds. The average Bonchev–Trinajstić information content (AvgIpc) is 2.93. The van der Waals surface area contributed by atoms with E-state index in [0.717, 1.165) is 30.0 Å². The maximum absolute atomic E-state index is 12.0. The van der Waals surface area contributed by atoms with Gasteiger partial charge in [0, 0.05) is 24.8 Å². The Labute approximate surface area is 153 Å². The molecular formula is C18H26N6O2. The molecule has 0 bridgehead atoms. The first-order valence-electron chi connectivity index (χ1n) is 9.00. The van der Waals surface area contributed by atoms with E-state index >= 15 is 0 Å². The number of anilines is 1. The van der Waals surface area contributed by atoms with Crippen molar-refractivity contribution in [3.8, 4) is 5.82 Å². The zero-order chi connectivity index (χ0) is 18.7. The first-order chi connectivity index (χ1) is 12.4. The Morgan fingerprint density at radius 2 is 2.00 bits per heavy atom. The van der Waals surface area contributed by atoms with Gasteiger partial charge < -0.3 is 15.0 Å². The van der Waals surface area contributed by atoms with E-state index in [4.69, 9.17) is 4.74 Å². The summed E-state index contributed by atoms with van der Waals surface area (Å²) in [5, 5.41) is 7.87. The van der Waals surface area contributed by atoms with Gasteiger partial charge in [-0.05, 0) is 46.6 Å². The summed E-state index contributed by atoms with van der Waals surface area (Å²) < 4.78 is 7.05. The monoisotopic (exact) mass is 358 g/mol. The van der Waals surface area contributed by atoms with Crippen LogP contribution in [0.4, 0.5) is 10.6 Å². The minimum atomic E-state index is -0.232. The Hall–Kier alpha value is -2.64. The fourth-order valence-electron chi connectivity index (χ4n) is 3.08. The number of ether oxygens (including phenoxy) is 1. The molecule has 0 aromatic carbocycles. The summed E-state index contributed by atoms with van der Waals surface area (Å²) in [7, 11) is 0. The van der Waals surface area contributed by atoms with E-state index in [2.05, 4.69) is 20.4 Å². The second-order valence-corrected chi connectivity index (χ2v) is 6.94. The van der Waals surface area contributed by atoms with Crippen LogP contribution in [0, 0.1) is 13.8 Å². The molecule has 1 aliphatic rings. The van der Waals surface area contributed by atoms with Crippen LogP contribution >= 0.6 is 0 Å². The van der Waals surface area contributed by atoms with Crippen LogP contribution in [0.25, 0.3) is 5.82 Å². The van der Waals surface area contributed by atoms with Crippen molar-refractivity contribution in [2.45, 2.75) is 52.7 Å². The van der Waals surface area contributed by atoms with E-state index in [9.17, 15) is 4.79 Å². The number of aryl methyl sites for hydroxylation is 2. The smallest absolute Gasteiger partial charge is 0.410 e. The number of piperidine rings is 1. The highest BCUT2D eigenvalue weighted by Crippen LogP contribution is 2.17. The molecule has 1 N–H and O–H groups in total. The lowest BCUT2D eigenvalue weighted by Gasteiger charge is -2.32. The molecule has 0 atom stereocenters. The third kappa shape index (κ3) is 4.30. The van der Waals surface area contributed by atoms with E-state index in [1.165, 1.54) is 0 Å². The molecule has 1 fully saturated rings. The molecule has 0 spiro atoms. The molecule has 3 rings (SSSR count). The molecule has 1 aliphatic heterocycles. The van der Waals surface area contributed by atoms with Gasteiger partial charge in [0.05, 0.1) is 24.2 Å². The number of nitrogens with one attached hydrogen (secondary N) is 1. The maximum atomic E-state index is 12.0. The summed E-state index contributed by atoms with van der Waals surface area (Å²) in [6.07, 6.45) is 4.79. The van der Waals surface area contributed by atoms with Crippen molar-refractivity contribution < 1.29 is 9.53 Å². The lowest BCUT2D eigenvalue weighted by molar-refractivity contribution is 0.0701. The van der Waals surface area contributed by atoms with Gasteiger partial charge in [0.15, 0.2) is 5.82 Å². The first-order valence-corrected chi connectivity index (χ1v) is 9.00. The predicted molar refractivity (Wildman–Crippen MR) is 98.5 cm³/mol. The van der Waals surface area contributed by atoms with Crippen molar-refractivity contribution in [1.82, 2.24) is 24.6 Å².